The highest BCUT2D eigenvalue weighted by Gasteiger charge is 2.05. The molecule has 0 unspecified atom stereocenters. The molecule has 2 aromatic rings. The summed E-state index contributed by atoms with van der Waals surface area (Å²) in [5.74, 6) is 6.01. The molecule has 0 amide bonds. The maximum absolute atomic E-state index is 11.9. The molecule has 18 heavy (non-hydrogen) atoms. The number of hydrazine groups is 1. The van der Waals surface area contributed by atoms with Crippen LogP contribution in [0, 0.1) is 13.8 Å². The first-order valence-corrected chi connectivity index (χ1v) is 5.57. The highest BCUT2D eigenvalue weighted by atomic mass is 16.1. The summed E-state index contributed by atoms with van der Waals surface area (Å²) in [6, 6.07) is 5.07. The van der Waals surface area contributed by atoms with Gasteiger partial charge in [-0.05, 0) is 26.0 Å². The van der Waals surface area contributed by atoms with Crippen LogP contribution in [0.5, 0.6) is 0 Å². The Morgan fingerprint density at radius 1 is 1.39 bits per heavy atom. The Balaban J connectivity index is 2.37. The van der Waals surface area contributed by atoms with Gasteiger partial charge in [-0.1, -0.05) is 0 Å². The van der Waals surface area contributed by atoms with Gasteiger partial charge in [-0.15, -0.1) is 0 Å². The standard InChI is InChI=1S/C12H15N5O/c1-8-5-12(18)17(9(2)15-8)7-11-6-10(16-13)3-4-14-11/h3-6H,7,13H2,1-2H3,(H,14,16). The van der Waals surface area contributed by atoms with Gasteiger partial charge in [0, 0.05) is 18.0 Å². The lowest BCUT2D eigenvalue weighted by Gasteiger charge is -2.09. The topological polar surface area (TPSA) is 85.8 Å². The van der Waals surface area contributed by atoms with Crippen LogP contribution in [0.3, 0.4) is 0 Å². The third-order valence-electron chi connectivity index (χ3n) is 2.63. The zero-order valence-electron chi connectivity index (χ0n) is 10.3. The molecule has 0 atom stereocenters. The van der Waals surface area contributed by atoms with Crippen LogP contribution in [0.25, 0.3) is 0 Å². The van der Waals surface area contributed by atoms with Gasteiger partial charge in [-0.3, -0.25) is 20.2 Å². The van der Waals surface area contributed by atoms with Crippen LogP contribution < -0.4 is 16.8 Å². The van der Waals surface area contributed by atoms with Gasteiger partial charge < -0.3 is 5.43 Å². The van der Waals surface area contributed by atoms with Crippen molar-refractivity contribution in [1.29, 1.82) is 0 Å². The van der Waals surface area contributed by atoms with Crippen molar-refractivity contribution in [2.24, 2.45) is 5.84 Å². The first-order valence-electron chi connectivity index (χ1n) is 5.57. The Kier molecular flexibility index (Phi) is 3.38. The Morgan fingerprint density at radius 3 is 2.83 bits per heavy atom. The normalized spacial score (nSPS) is 10.4. The van der Waals surface area contributed by atoms with Crippen molar-refractivity contribution in [3.8, 4) is 0 Å². The third-order valence-corrected chi connectivity index (χ3v) is 2.63. The predicted molar refractivity (Wildman–Crippen MR) is 69.1 cm³/mol. The second-order valence-corrected chi connectivity index (χ2v) is 4.05. The smallest absolute Gasteiger partial charge is 0.254 e. The van der Waals surface area contributed by atoms with Crippen molar-refractivity contribution in [2.45, 2.75) is 20.4 Å². The number of hydrogen-bond acceptors (Lipinski definition) is 5. The van der Waals surface area contributed by atoms with Crippen molar-refractivity contribution < 1.29 is 0 Å². The quantitative estimate of drug-likeness (QED) is 0.610. The summed E-state index contributed by atoms with van der Waals surface area (Å²) in [5.41, 5.74) is 4.70. The fourth-order valence-electron chi connectivity index (χ4n) is 1.77. The number of nitrogens with zero attached hydrogens (tertiary/aromatic N) is 3. The largest absolute Gasteiger partial charge is 0.324 e. The Bertz CT molecular complexity index is 620. The van der Waals surface area contributed by atoms with E-state index < -0.39 is 0 Å². The molecule has 0 fully saturated rings. The first-order chi connectivity index (χ1) is 8.60. The number of nitrogen functional groups attached to an aromatic ring is 1. The molecule has 0 aromatic carbocycles. The number of nitrogens with one attached hydrogen (secondary N) is 1. The van der Waals surface area contributed by atoms with Crippen LogP contribution in [0.1, 0.15) is 17.2 Å². The summed E-state index contributed by atoms with van der Waals surface area (Å²) in [5, 5.41) is 0. The van der Waals surface area contributed by atoms with Crippen LogP contribution in [-0.2, 0) is 6.54 Å². The molecular weight excluding hydrogens is 230 g/mol. The van der Waals surface area contributed by atoms with E-state index in [-0.39, 0.29) is 5.56 Å². The van der Waals surface area contributed by atoms with E-state index in [4.69, 9.17) is 5.84 Å². The fraction of sp³-hybridized carbons (Fsp3) is 0.250. The summed E-state index contributed by atoms with van der Waals surface area (Å²) in [7, 11) is 0. The van der Waals surface area contributed by atoms with Gasteiger partial charge in [-0.25, -0.2) is 4.98 Å². The molecule has 2 aromatic heterocycles. The number of pyridine rings is 1. The summed E-state index contributed by atoms with van der Waals surface area (Å²) in [6.07, 6.45) is 1.65. The molecule has 6 heteroatoms. The van der Waals surface area contributed by atoms with E-state index in [1.54, 1.807) is 36.7 Å². The van der Waals surface area contributed by atoms with Gasteiger partial charge in [0.25, 0.3) is 5.56 Å². The number of aromatic nitrogens is 3. The maximum atomic E-state index is 11.9. The van der Waals surface area contributed by atoms with Gasteiger partial charge in [0.1, 0.15) is 5.82 Å². The monoisotopic (exact) mass is 245 g/mol. The lowest BCUT2D eigenvalue weighted by molar-refractivity contribution is 0.681. The van der Waals surface area contributed by atoms with E-state index >= 15 is 0 Å². The maximum Gasteiger partial charge on any atom is 0.254 e. The zero-order chi connectivity index (χ0) is 13.1. The van der Waals surface area contributed by atoms with Crippen LogP contribution >= 0.6 is 0 Å². The molecule has 2 heterocycles. The van der Waals surface area contributed by atoms with E-state index in [0.717, 1.165) is 17.1 Å². The molecule has 0 radical (unpaired) electrons. The second-order valence-electron chi connectivity index (χ2n) is 4.05. The highest BCUT2D eigenvalue weighted by Crippen LogP contribution is 2.07. The minimum atomic E-state index is -0.0760. The van der Waals surface area contributed by atoms with Crippen LogP contribution in [0.2, 0.25) is 0 Å². The predicted octanol–water partition coefficient (Wildman–Crippen LogP) is 0.589. The van der Waals surface area contributed by atoms with Gasteiger partial charge in [-0.2, -0.15) is 0 Å². The minimum absolute atomic E-state index is 0.0760. The highest BCUT2D eigenvalue weighted by molar-refractivity contribution is 5.41. The van der Waals surface area contributed by atoms with Crippen LogP contribution in [-0.4, -0.2) is 14.5 Å². The molecule has 94 valence electrons. The van der Waals surface area contributed by atoms with E-state index in [1.807, 2.05) is 0 Å². The van der Waals surface area contributed by atoms with E-state index in [2.05, 4.69) is 15.4 Å². The average Bonchev–Trinajstić information content (AvgIpc) is 2.34. The summed E-state index contributed by atoms with van der Waals surface area (Å²) in [6.45, 7) is 3.99. The summed E-state index contributed by atoms with van der Waals surface area (Å²) >= 11 is 0. The lowest BCUT2D eigenvalue weighted by atomic mass is 10.3. The summed E-state index contributed by atoms with van der Waals surface area (Å²) < 4.78 is 1.58. The fourth-order valence-corrected chi connectivity index (χ4v) is 1.77. The van der Waals surface area contributed by atoms with Gasteiger partial charge in [0.05, 0.1) is 17.9 Å². The lowest BCUT2D eigenvalue weighted by Crippen LogP contribution is -2.24. The van der Waals surface area contributed by atoms with Gasteiger partial charge in [0.2, 0.25) is 0 Å². The molecule has 0 aliphatic carbocycles. The third kappa shape index (κ3) is 2.54. The van der Waals surface area contributed by atoms with E-state index in [9.17, 15) is 4.79 Å². The molecule has 3 N–H and O–H groups in total. The number of hydrogen-bond donors (Lipinski definition) is 2. The van der Waals surface area contributed by atoms with Crippen molar-refractivity contribution in [3.63, 3.8) is 0 Å². The molecule has 6 nitrogen and oxygen atoms in total. The first kappa shape index (κ1) is 12.3. The van der Waals surface area contributed by atoms with Gasteiger partial charge >= 0.3 is 0 Å². The number of anilines is 1. The SMILES string of the molecule is Cc1cc(=O)n(Cc2cc(NN)ccn2)c(C)n1. The molecule has 0 aliphatic heterocycles. The summed E-state index contributed by atoms with van der Waals surface area (Å²) in [4.78, 5) is 20.3. The van der Waals surface area contributed by atoms with Crippen molar-refractivity contribution in [3.05, 3.63) is 52.0 Å². The van der Waals surface area contributed by atoms with Crippen molar-refractivity contribution >= 4 is 5.69 Å². The molecule has 0 saturated carbocycles. The number of nitrogens with two attached hydrogens (primary N) is 1. The number of rotatable bonds is 3. The van der Waals surface area contributed by atoms with Gasteiger partial charge in [0.15, 0.2) is 0 Å². The van der Waals surface area contributed by atoms with E-state index in [1.165, 1.54) is 6.07 Å². The van der Waals surface area contributed by atoms with Crippen molar-refractivity contribution in [1.82, 2.24) is 14.5 Å². The minimum Gasteiger partial charge on any atom is -0.324 e. The molecule has 0 saturated heterocycles. The Hall–Kier alpha value is -2.21. The molecular formula is C12H15N5O. The van der Waals surface area contributed by atoms with Crippen LogP contribution in [0.4, 0.5) is 5.69 Å². The average molecular weight is 245 g/mol. The molecule has 0 spiro atoms. The molecule has 2 rings (SSSR count). The second kappa shape index (κ2) is 4.97. The molecule has 0 aliphatic rings. The zero-order valence-corrected chi connectivity index (χ0v) is 10.3. The molecule has 0 bridgehead atoms. The van der Waals surface area contributed by atoms with E-state index in [0.29, 0.717) is 12.4 Å². The number of aryl methyl sites for hydroxylation is 2. The Morgan fingerprint density at radius 2 is 2.17 bits per heavy atom. The van der Waals surface area contributed by atoms with Crippen LogP contribution in [0.15, 0.2) is 29.2 Å². The van der Waals surface area contributed by atoms with Crippen molar-refractivity contribution in [2.75, 3.05) is 5.43 Å². The Labute approximate surface area is 104 Å².